The summed E-state index contributed by atoms with van der Waals surface area (Å²) in [4.78, 5) is 0. The van der Waals surface area contributed by atoms with Gasteiger partial charge in [0.2, 0.25) is 0 Å². The maximum absolute atomic E-state index is 11.0. The van der Waals surface area contributed by atoms with Gasteiger partial charge in [-0.3, -0.25) is 0 Å². The molecule has 1 aliphatic heterocycles. The molecule has 124 valence electrons. The molecule has 0 aromatic carbocycles. The van der Waals surface area contributed by atoms with Crippen molar-refractivity contribution in [3.8, 4) is 0 Å². The molecule has 0 aromatic heterocycles. The molecule has 0 amide bonds. The Hall–Kier alpha value is -0.120. The highest BCUT2D eigenvalue weighted by Gasteiger charge is 2.46. The van der Waals surface area contributed by atoms with Crippen LogP contribution in [0.4, 0.5) is 0 Å². The van der Waals surface area contributed by atoms with Gasteiger partial charge in [0.1, 0.15) is 0 Å². The van der Waals surface area contributed by atoms with Crippen molar-refractivity contribution >= 4 is 0 Å². The number of rotatable bonds is 6. The Morgan fingerprint density at radius 1 is 1.19 bits per heavy atom. The molecular formula is C18H34O3. The molecule has 2 fully saturated rings. The first kappa shape index (κ1) is 17.2. The van der Waals surface area contributed by atoms with Gasteiger partial charge in [-0.15, -0.1) is 0 Å². The summed E-state index contributed by atoms with van der Waals surface area (Å²) >= 11 is 0. The molecule has 2 atom stereocenters. The molecule has 0 bridgehead atoms. The van der Waals surface area contributed by atoms with E-state index in [1.165, 1.54) is 32.1 Å². The quantitative estimate of drug-likeness (QED) is 0.803. The molecule has 2 unspecified atom stereocenters. The molecule has 0 radical (unpaired) electrons. The first-order valence-electron chi connectivity index (χ1n) is 9.07. The first-order valence-corrected chi connectivity index (χ1v) is 9.07. The van der Waals surface area contributed by atoms with Crippen LogP contribution in [0, 0.1) is 5.92 Å². The van der Waals surface area contributed by atoms with Gasteiger partial charge >= 0.3 is 0 Å². The minimum Gasteiger partial charge on any atom is -0.390 e. The van der Waals surface area contributed by atoms with Gasteiger partial charge in [-0.05, 0) is 51.4 Å². The van der Waals surface area contributed by atoms with E-state index in [4.69, 9.17) is 9.47 Å². The number of hydrogen-bond acceptors (Lipinski definition) is 3. The van der Waals surface area contributed by atoms with E-state index < -0.39 is 0 Å². The molecule has 1 N–H and O–H groups in total. The lowest BCUT2D eigenvalue weighted by Crippen LogP contribution is -2.52. The Morgan fingerprint density at radius 3 is 2.43 bits per heavy atom. The number of aliphatic hydroxyl groups excluding tert-OH is 1. The molecule has 3 nitrogen and oxygen atoms in total. The van der Waals surface area contributed by atoms with E-state index in [9.17, 15) is 5.11 Å². The summed E-state index contributed by atoms with van der Waals surface area (Å²) in [6.07, 6.45) is 9.63. The van der Waals surface area contributed by atoms with Crippen LogP contribution in [0.15, 0.2) is 0 Å². The van der Waals surface area contributed by atoms with Crippen LogP contribution < -0.4 is 0 Å². The third kappa shape index (κ3) is 3.62. The lowest BCUT2D eigenvalue weighted by molar-refractivity contribution is -0.183. The average Bonchev–Trinajstić information content (AvgIpc) is 2.53. The Morgan fingerprint density at radius 2 is 1.86 bits per heavy atom. The second-order valence-corrected chi connectivity index (χ2v) is 6.99. The van der Waals surface area contributed by atoms with Gasteiger partial charge in [-0.1, -0.05) is 33.1 Å². The molecule has 1 saturated heterocycles. The largest absolute Gasteiger partial charge is 0.390 e. The van der Waals surface area contributed by atoms with E-state index in [1.54, 1.807) is 0 Å². The standard InChI is InChI=1S/C18H34O3/c1-4-18(5-2,20-6-3)16(19)15-10-13-21-17(14-15)11-8-7-9-12-17/h15-16,19H,4-14H2,1-3H3. The summed E-state index contributed by atoms with van der Waals surface area (Å²) in [6.45, 7) is 7.78. The van der Waals surface area contributed by atoms with Gasteiger partial charge in [0.15, 0.2) is 0 Å². The number of hydrogen-bond donors (Lipinski definition) is 1. The Balaban J connectivity index is 2.08. The number of aliphatic hydroxyl groups is 1. The van der Waals surface area contributed by atoms with Gasteiger partial charge < -0.3 is 14.6 Å². The third-order valence-corrected chi connectivity index (χ3v) is 5.91. The van der Waals surface area contributed by atoms with E-state index >= 15 is 0 Å². The minimum atomic E-state index is -0.368. The lowest BCUT2D eigenvalue weighted by Gasteiger charge is -2.48. The molecule has 1 saturated carbocycles. The predicted molar refractivity (Wildman–Crippen MR) is 85.4 cm³/mol. The SMILES string of the molecule is CCOC(CC)(CC)C(O)C1CCOC2(CCCCC2)C1. The van der Waals surface area contributed by atoms with Crippen LogP contribution in [0.3, 0.4) is 0 Å². The summed E-state index contributed by atoms with van der Waals surface area (Å²) in [5, 5.41) is 11.0. The molecule has 21 heavy (non-hydrogen) atoms. The maximum Gasteiger partial charge on any atom is 0.0937 e. The monoisotopic (exact) mass is 298 g/mol. The lowest BCUT2D eigenvalue weighted by atomic mass is 9.71. The molecular weight excluding hydrogens is 264 g/mol. The van der Waals surface area contributed by atoms with Crippen LogP contribution in [0.2, 0.25) is 0 Å². The highest BCUT2D eigenvalue weighted by Crippen LogP contribution is 2.44. The zero-order valence-corrected chi connectivity index (χ0v) is 14.2. The number of ether oxygens (including phenoxy) is 2. The summed E-state index contributed by atoms with van der Waals surface area (Å²) < 4.78 is 12.2. The first-order chi connectivity index (χ1) is 10.1. The van der Waals surface area contributed by atoms with Crippen LogP contribution >= 0.6 is 0 Å². The zero-order chi connectivity index (χ0) is 15.3. The molecule has 3 heteroatoms. The van der Waals surface area contributed by atoms with Crippen molar-refractivity contribution in [2.45, 2.75) is 95.9 Å². The van der Waals surface area contributed by atoms with Crippen molar-refractivity contribution in [1.82, 2.24) is 0 Å². The van der Waals surface area contributed by atoms with Gasteiger partial charge in [0, 0.05) is 13.2 Å². The van der Waals surface area contributed by atoms with Gasteiger partial charge in [-0.25, -0.2) is 0 Å². The maximum atomic E-state index is 11.0. The summed E-state index contributed by atoms with van der Waals surface area (Å²) in [5.41, 5.74) is -0.311. The van der Waals surface area contributed by atoms with Crippen LogP contribution in [-0.4, -0.2) is 35.6 Å². The summed E-state index contributed by atoms with van der Waals surface area (Å²) in [7, 11) is 0. The molecule has 1 spiro atoms. The van der Waals surface area contributed by atoms with E-state index in [0.717, 1.165) is 32.3 Å². The van der Waals surface area contributed by atoms with Crippen molar-refractivity contribution in [3.05, 3.63) is 0 Å². The average molecular weight is 298 g/mol. The van der Waals surface area contributed by atoms with Crippen molar-refractivity contribution in [2.24, 2.45) is 5.92 Å². The van der Waals surface area contributed by atoms with Crippen molar-refractivity contribution < 1.29 is 14.6 Å². The minimum absolute atomic E-state index is 0.0571. The van der Waals surface area contributed by atoms with Crippen molar-refractivity contribution in [2.75, 3.05) is 13.2 Å². The van der Waals surface area contributed by atoms with Crippen LogP contribution in [0.5, 0.6) is 0 Å². The Labute approximate surface area is 130 Å². The second kappa shape index (κ2) is 7.43. The van der Waals surface area contributed by atoms with Gasteiger partial charge in [0.05, 0.1) is 17.3 Å². The summed E-state index contributed by atoms with van der Waals surface area (Å²) in [6, 6.07) is 0. The van der Waals surface area contributed by atoms with Gasteiger partial charge in [0.25, 0.3) is 0 Å². The van der Waals surface area contributed by atoms with Crippen LogP contribution in [0.1, 0.15) is 78.6 Å². The normalized spacial score (nSPS) is 27.7. The topological polar surface area (TPSA) is 38.7 Å². The fourth-order valence-electron chi connectivity index (χ4n) is 4.55. The third-order valence-electron chi connectivity index (χ3n) is 5.91. The molecule has 2 rings (SSSR count). The summed E-state index contributed by atoms with van der Waals surface area (Å²) in [5.74, 6) is 0.322. The van der Waals surface area contributed by atoms with Crippen molar-refractivity contribution in [3.63, 3.8) is 0 Å². The van der Waals surface area contributed by atoms with E-state index in [2.05, 4.69) is 13.8 Å². The van der Waals surface area contributed by atoms with Crippen molar-refractivity contribution in [1.29, 1.82) is 0 Å². The molecule has 2 aliphatic rings. The van der Waals surface area contributed by atoms with Crippen LogP contribution in [-0.2, 0) is 9.47 Å². The van der Waals surface area contributed by atoms with E-state index in [0.29, 0.717) is 12.5 Å². The van der Waals surface area contributed by atoms with Gasteiger partial charge in [-0.2, -0.15) is 0 Å². The smallest absolute Gasteiger partial charge is 0.0937 e. The fraction of sp³-hybridized carbons (Fsp3) is 1.00. The van der Waals surface area contributed by atoms with E-state index in [-0.39, 0.29) is 17.3 Å². The molecule has 0 aromatic rings. The molecule has 1 aliphatic carbocycles. The second-order valence-electron chi connectivity index (χ2n) is 6.99. The highest BCUT2D eigenvalue weighted by atomic mass is 16.5. The zero-order valence-electron chi connectivity index (χ0n) is 14.2. The Bertz CT molecular complexity index is 300. The predicted octanol–water partition coefficient (Wildman–Crippen LogP) is 4.07. The molecule has 1 heterocycles. The Kier molecular flexibility index (Phi) is 6.10. The highest BCUT2D eigenvalue weighted by molar-refractivity contribution is 4.97. The fourth-order valence-corrected chi connectivity index (χ4v) is 4.55. The van der Waals surface area contributed by atoms with E-state index in [1.807, 2.05) is 6.92 Å². The van der Waals surface area contributed by atoms with Crippen LogP contribution in [0.25, 0.3) is 0 Å².